The first-order valence-corrected chi connectivity index (χ1v) is 9.03. The molecule has 1 unspecified atom stereocenters. The van der Waals surface area contributed by atoms with Crippen LogP contribution in [0.1, 0.15) is 31.7 Å². The number of rotatable bonds is 5. The van der Waals surface area contributed by atoms with Crippen LogP contribution in [0, 0.1) is 5.92 Å². The number of amides is 3. The van der Waals surface area contributed by atoms with E-state index in [4.69, 9.17) is 0 Å². The summed E-state index contributed by atoms with van der Waals surface area (Å²) in [5.41, 5.74) is 2.04. The van der Waals surface area contributed by atoms with Gasteiger partial charge in [0.25, 0.3) is 0 Å². The number of hydrogen-bond acceptors (Lipinski definition) is 3. The summed E-state index contributed by atoms with van der Waals surface area (Å²) in [6, 6.07) is 7.86. The van der Waals surface area contributed by atoms with Crippen molar-refractivity contribution in [1.29, 1.82) is 0 Å². The Morgan fingerprint density at radius 2 is 1.84 bits per heavy atom. The first kappa shape index (κ1) is 17.5. The van der Waals surface area contributed by atoms with E-state index in [1.54, 1.807) is 9.80 Å². The van der Waals surface area contributed by atoms with Crippen molar-refractivity contribution in [3.8, 4) is 0 Å². The smallest absolute Gasteiger partial charge is 0.241 e. The molecule has 0 bridgehead atoms. The normalized spacial score (nSPS) is 20.2. The Labute approximate surface area is 148 Å². The maximum atomic E-state index is 12.3. The molecule has 6 nitrogen and oxygen atoms in total. The van der Waals surface area contributed by atoms with Crippen molar-refractivity contribution in [2.45, 2.75) is 32.6 Å². The largest absolute Gasteiger partial charge is 0.347 e. The average Bonchev–Trinajstić information content (AvgIpc) is 3.29. The van der Waals surface area contributed by atoms with Crippen LogP contribution in [0.15, 0.2) is 24.3 Å². The third-order valence-electron chi connectivity index (χ3n) is 5.02. The highest BCUT2D eigenvalue weighted by Gasteiger charge is 2.35. The van der Waals surface area contributed by atoms with Gasteiger partial charge in [-0.15, -0.1) is 0 Å². The number of carbonyl (C=O) groups is 3. The Balaban J connectivity index is 1.53. The lowest BCUT2D eigenvalue weighted by atomic mass is 10.1. The van der Waals surface area contributed by atoms with Gasteiger partial charge in [-0.1, -0.05) is 19.1 Å². The Bertz CT molecular complexity index is 650. The Morgan fingerprint density at radius 1 is 1.16 bits per heavy atom. The molecule has 1 aromatic carbocycles. The van der Waals surface area contributed by atoms with E-state index >= 15 is 0 Å². The molecule has 6 heteroatoms. The highest BCUT2D eigenvalue weighted by atomic mass is 16.2. The Morgan fingerprint density at radius 3 is 2.48 bits per heavy atom. The van der Waals surface area contributed by atoms with E-state index in [0.717, 1.165) is 38.0 Å². The van der Waals surface area contributed by atoms with E-state index in [9.17, 15) is 14.4 Å². The van der Waals surface area contributed by atoms with Crippen molar-refractivity contribution < 1.29 is 14.4 Å². The van der Waals surface area contributed by atoms with Crippen LogP contribution in [-0.4, -0.2) is 48.8 Å². The van der Waals surface area contributed by atoms with E-state index in [1.165, 1.54) is 5.56 Å². The van der Waals surface area contributed by atoms with E-state index in [0.29, 0.717) is 6.54 Å². The summed E-state index contributed by atoms with van der Waals surface area (Å²) in [6.45, 7) is 4.03. The molecule has 134 valence electrons. The summed E-state index contributed by atoms with van der Waals surface area (Å²) in [7, 11) is 0. The van der Waals surface area contributed by atoms with Gasteiger partial charge in [0.15, 0.2) is 0 Å². The zero-order valence-electron chi connectivity index (χ0n) is 14.7. The second kappa shape index (κ2) is 7.68. The van der Waals surface area contributed by atoms with Gasteiger partial charge in [-0.2, -0.15) is 0 Å². The number of nitrogens with zero attached hydrogens (tertiary/aromatic N) is 2. The minimum atomic E-state index is -0.398. The van der Waals surface area contributed by atoms with Gasteiger partial charge in [0.05, 0.1) is 12.5 Å². The van der Waals surface area contributed by atoms with Crippen LogP contribution in [0.2, 0.25) is 0 Å². The summed E-state index contributed by atoms with van der Waals surface area (Å²) in [6.07, 6.45) is 3.20. The van der Waals surface area contributed by atoms with Crippen LogP contribution in [0.25, 0.3) is 0 Å². The number of aryl methyl sites for hydroxylation is 1. The monoisotopic (exact) mass is 343 g/mol. The molecule has 2 fully saturated rings. The zero-order valence-corrected chi connectivity index (χ0v) is 14.7. The van der Waals surface area contributed by atoms with Crippen LogP contribution in [0.5, 0.6) is 0 Å². The second-order valence-corrected chi connectivity index (χ2v) is 6.73. The minimum absolute atomic E-state index is 0.0225. The van der Waals surface area contributed by atoms with Crippen LogP contribution in [-0.2, 0) is 20.8 Å². The highest BCUT2D eigenvalue weighted by Crippen LogP contribution is 2.25. The van der Waals surface area contributed by atoms with Crippen LogP contribution in [0.4, 0.5) is 5.69 Å². The maximum Gasteiger partial charge on any atom is 0.241 e. The fraction of sp³-hybridized carbons (Fsp3) is 0.526. The third kappa shape index (κ3) is 4.00. The quantitative estimate of drug-likeness (QED) is 0.877. The second-order valence-electron chi connectivity index (χ2n) is 6.73. The van der Waals surface area contributed by atoms with Gasteiger partial charge >= 0.3 is 0 Å². The highest BCUT2D eigenvalue weighted by molar-refractivity contribution is 6.00. The van der Waals surface area contributed by atoms with Gasteiger partial charge in [0.1, 0.15) is 0 Å². The lowest BCUT2D eigenvalue weighted by molar-refractivity contribution is -0.133. The van der Waals surface area contributed by atoms with Gasteiger partial charge in [0, 0.05) is 31.7 Å². The molecular formula is C19H25N3O3. The van der Waals surface area contributed by atoms with E-state index in [2.05, 4.69) is 12.2 Å². The van der Waals surface area contributed by atoms with Crippen molar-refractivity contribution in [2.75, 3.05) is 31.1 Å². The third-order valence-corrected chi connectivity index (χ3v) is 5.02. The molecule has 0 aromatic heterocycles. The van der Waals surface area contributed by atoms with E-state index in [-0.39, 0.29) is 30.7 Å². The predicted molar refractivity (Wildman–Crippen MR) is 95.1 cm³/mol. The molecule has 0 radical (unpaired) electrons. The molecule has 0 saturated carbocycles. The fourth-order valence-electron chi connectivity index (χ4n) is 3.43. The van der Waals surface area contributed by atoms with Gasteiger partial charge < -0.3 is 15.1 Å². The summed E-state index contributed by atoms with van der Waals surface area (Å²) >= 11 is 0. The van der Waals surface area contributed by atoms with Crippen LogP contribution < -0.4 is 10.2 Å². The van der Waals surface area contributed by atoms with Crippen LogP contribution in [0.3, 0.4) is 0 Å². The van der Waals surface area contributed by atoms with Gasteiger partial charge in [-0.05, 0) is 37.0 Å². The number of hydrogen-bond donors (Lipinski definition) is 1. The summed E-state index contributed by atoms with van der Waals surface area (Å²) in [4.78, 5) is 40.0. The van der Waals surface area contributed by atoms with Crippen molar-refractivity contribution in [2.24, 2.45) is 5.92 Å². The first-order valence-electron chi connectivity index (χ1n) is 9.03. The van der Waals surface area contributed by atoms with Crippen molar-refractivity contribution >= 4 is 23.4 Å². The standard InChI is InChI=1S/C19H25N3O3/c1-2-14-5-7-16(8-6-14)22-13-15(11-17(22)23)19(25)20-12-18(24)21-9-3-4-10-21/h5-8,15H,2-4,9-13H2,1H3,(H,20,25). The van der Waals surface area contributed by atoms with Gasteiger partial charge in [0.2, 0.25) is 17.7 Å². The summed E-state index contributed by atoms with van der Waals surface area (Å²) < 4.78 is 0. The molecule has 1 N–H and O–H groups in total. The Kier molecular flexibility index (Phi) is 5.36. The molecule has 2 saturated heterocycles. The lowest BCUT2D eigenvalue weighted by Crippen LogP contribution is -2.41. The zero-order chi connectivity index (χ0) is 17.8. The Hall–Kier alpha value is -2.37. The van der Waals surface area contributed by atoms with Crippen molar-refractivity contribution in [1.82, 2.24) is 10.2 Å². The molecule has 2 heterocycles. The number of anilines is 1. The van der Waals surface area contributed by atoms with Crippen molar-refractivity contribution in [3.05, 3.63) is 29.8 Å². The molecule has 2 aliphatic heterocycles. The molecule has 1 aromatic rings. The molecule has 3 rings (SSSR count). The summed E-state index contributed by atoms with van der Waals surface area (Å²) in [5, 5.41) is 2.70. The first-order chi connectivity index (χ1) is 12.1. The molecule has 25 heavy (non-hydrogen) atoms. The fourth-order valence-corrected chi connectivity index (χ4v) is 3.43. The van der Waals surface area contributed by atoms with Crippen molar-refractivity contribution in [3.63, 3.8) is 0 Å². The maximum absolute atomic E-state index is 12.3. The molecule has 0 spiro atoms. The number of nitrogens with one attached hydrogen (secondary N) is 1. The van der Waals surface area contributed by atoms with E-state index < -0.39 is 5.92 Å². The van der Waals surface area contributed by atoms with Crippen LogP contribution >= 0.6 is 0 Å². The topological polar surface area (TPSA) is 69.7 Å². The predicted octanol–water partition coefficient (Wildman–Crippen LogP) is 1.34. The number of likely N-dealkylation sites (tertiary alicyclic amines) is 1. The SMILES string of the molecule is CCc1ccc(N2CC(C(=O)NCC(=O)N3CCCC3)CC2=O)cc1. The minimum Gasteiger partial charge on any atom is -0.347 e. The molecule has 1 atom stereocenters. The average molecular weight is 343 g/mol. The van der Waals surface area contributed by atoms with Gasteiger partial charge in [-0.3, -0.25) is 14.4 Å². The lowest BCUT2D eigenvalue weighted by Gasteiger charge is -2.18. The summed E-state index contributed by atoms with van der Waals surface area (Å²) in [5.74, 6) is -0.698. The number of carbonyl (C=O) groups excluding carboxylic acids is 3. The molecular weight excluding hydrogens is 318 g/mol. The van der Waals surface area contributed by atoms with E-state index in [1.807, 2.05) is 24.3 Å². The van der Waals surface area contributed by atoms with Gasteiger partial charge in [-0.25, -0.2) is 0 Å². The molecule has 3 amide bonds. The molecule has 2 aliphatic rings. The molecule has 0 aliphatic carbocycles. The number of benzene rings is 1.